The Bertz CT molecular complexity index is 891. The van der Waals surface area contributed by atoms with E-state index in [0.29, 0.717) is 6.42 Å². The Morgan fingerprint density at radius 2 is 2.16 bits per heavy atom. The number of nitrogens with one attached hydrogen (secondary N) is 2. The van der Waals surface area contributed by atoms with Crippen LogP contribution in [0.25, 0.3) is 11.0 Å². The molecule has 3 heterocycles. The van der Waals surface area contributed by atoms with Gasteiger partial charge in [-0.2, -0.15) is 5.10 Å². The lowest BCUT2D eigenvalue weighted by molar-refractivity contribution is -0.120. The molecule has 8 nitrogen and oxygen atoms in total. The van der Waals surface area contributed by atoms with Gasteiger partial charge in [-0.3, -0.25) is 9.48 Å². The zero-order chi connectivity index (χ0) is 17.3. The first-order valence-corrected chi connectivity index (χ1v) is 8.55. The monoisotopic (exact) mass is 339 g/mol. The third kappa shape index (κ3) is 2.95. The summed E-state index contributed by atoms with van der Waals surface area (Å²) in [6.45, 7) is 0. The highest BCUT2D eigenvalue weighted by atomic mass is 16.1. The molecule has 8 heteroatoms. The van der Waals surface area contributed by atoms with Gasteiger partial charge in [-0.1, -0.05) is 19.3 Å². The normalized spacial score (nSPS) is 16.8. The molecule has 130 valence electrons. The number of fused-ring (bicyclic) bond motifs is 1. The summed E-state index contributed by atoms with van der Waals surface area (Å²) in [6.07, 6.45) is 12.6. The zero-order valence-electron chi connectivity index (χ0n) is 13.9. The molecule has 1 aliphatic carbocycles. The molecule has 3 aromatic heterocycles. The lowest BCUT2D eigenvalue weighted by Crippen LogP contribution is -2.40. The fraction of sp³-hybridized carbons (Fsp3) is 0.412. The van der Waals surface area contributed by atoms with Gasteiger partial charge >= 0.3 is 0 Å². The van der Waals surface area contributed by atoms with Crippen LogP contribution in [-0.2, 0) is 10.3 Å². The standard InChI is InChI=1S/C17H21N7O/c18-14(25)8-17(5-2-1-3-6-17)24-10-12(9-22-24)23-16-13-4-7-19-15(13)20-11-21-16/h4,7,9-11H,1-3,5-6,8H2,(H2,18,25)(H2,19,20,21,23). The van der Waals surface area contributed by atoms with Gasteiger partial charge in [-0.05, 0) is 18.9 Å². The molecule has 1 saturated carbocycles. The number of nitrogens with two attached hydrogens (primary N) is 1. The van der Waals surface area contributed by atoms with Gasteiger partial charge < -0.3 is 16.0 Å². The minimum atomic E-state index is -0.306. The van der Waals surface area contributed by atoms with Gasteiger partial charge in [-0.15, -0.1) is 0 Å². The summed E-state index contributed by atoms with van der Waals surface area (Å²) in [5.74, 6) is 0.440. The van der Waals surface area contributed by atoms with Crippen molar-refractivity contribution in [1.82, 2.24) is 24.7 Å². The van der Waals surface area contributed by atoms with E-state index in [1.54, 1.807) is 6.20 Å². The molecule has 1 aliphatic rings. The number of amides is 1. The summed E-state index contributed by atoms with van der Waals surface area (Å²) < 4.78 is 1.91. The summed E-state index contributed by atoms with van der Waals surface area (Å²) >= 11 is 0. The number of carbonyl (C=O) groups excluding carboxylic acids is 1. The predicted molar refractivity (Wildman–Crippen MR) is 94.3 cm³/mol. The fourth-order valence-corrected chi connectivity index (χ4v) is 3.78. The number of nitrogens with zero attached hydrogens (tertiary/aromatic N) is 4. The van der Waals surface area contributed by atoms with Gasteiger partial charge in [0.15, 0.2) is 0 Å². The van der Waals surface area contributed by atoms with Crippen LogP contribution < -0.4 is 11.1 Å². The Labute approximate surface area is 144 Å². The van der Waals surface area contributed by atoms with Crippen LogP contribution in [0.1, 0.15) is 38.5 Å². The highest BCUT2D eigenvalue weighted by Crippen LogP contribution is 2.38. The van der Waals surface area contributed by atoms with E-state index in [0.717, 1.165) is 48.2 Å². The predicted octanol–water partition coefficient (Wildman–Crippen LogP) is 2.43. The Morgan fingerprint density at radius 1 is 1.32 bits per heavy atom. The molecule has 0 unspecified atom stereocenters. The summed E-state index contributed by atoms with van der Waals surface area (Å²) in [5.41, 5.74) is 6.81. The number of primary amides is 1. The largest absolute Gasteiger partial charge is 0.370 e. The van der Waals surface area contributed by atoms with Crippen LogP contribution in [0.3, 0.4) is 0 Å². The lowest BCUT2D eigenvalue weighted by atomic mass is 9.79. The zero-order valence-corrected chi connectivity index (χ0v) is 13.9. The molecule has 0 spiro atoms. The van der Waals surface area contributed by atoms with Gasteiger partial charge in [0.25, 0.3) is 0 Å². The topological polar surface area (TPSA) is 115 Å². The number of hydrogen-bond acceptors (Lipinski definition) is 5. The van der Waals surface area contributed by atoms with Crippen LogP contribution in [0.15, 0.2) is 31.0 Å². The third-order valence-corrected chi connectivity index (χ3v) is 4.97. The van der Waals surface area contributed by atoms with Crippen molar-refractivity contribution < 1.29 is 4.79 Å². The molecule has 1 fully saturated rings. The molecule has 0 atom stereocenters. The number of anilines is 2. The molecule has 0 radical (unpaired) electrons. The van der Waals surface area contributed by atoms with Crippen LogP contribution >= 0.6 is 0 Å². The number of rotatable bonds is 5. The van der Waals surface area contributed by atoms with Crippen molar-refractivity contribution in [3.8, 4) is 0 Å². The molecule has 4 rings (SSSR count). The van der Waals surface area contributed by atoms with Crippen molar-refractivity contribution in [3.63, 3.8) is 0 Å². The molecule has 25 heavy (non-hydrogen) atoms. The minimum Gasteiger partial charge on any atom is -0.370 e. The highest BCUT2D eigenvalue weighted by Gasteiger charge is 2.36. The Morgan fingerprint density at radius 3 is 2.96 bits per heavy atom. The van der Waals surface area contributed by atoms with Gasteiger partial charge in [-0.25, -0.2) is 9.97 Å². The summed E-state index contributed by atoms with van der Waals surface area (Å²) in [4.78, 5) is 23.2. The number of H-pyrrole nitrogens is 1. The second-order valence-electron chi connectivity index (χ2n) is 6.69. The van der Waals surface area contributed by atoms with E-state index in [4.69, 9.17) is 5.73 Å². The molecular weight excluding hydrogens is 318 g/mol. The SMILES string of the molecule is NC(=O)CC1(n2cc(Nc3ncnc4[nH]ccc34)cn2)CCCCC1. The van der Waals surface area contributed by atoms with E-state index in [1.165, 1.54) is 12.7 Å². The number of aromatic amines is 1. The van der Waals surface area contributed by atoms with Crippen molar-refractivity contribution in [2.75, 3.05) is 5.32 Å². The van der Waals surface area contributed by atoms with E-state index >= 15 is 0 Å². The third-order valence-electron chi connectivity index (χ3n) is 4.97. The second kappa shape index (κ2) is 6.19. The van der Waals surface area contributed by atoms with Crippen LogP contribution in [0.5, 0.6) is 0 Å². The van der Waals surface area contributed by atoms with E-state index in [9.17, 15) is 4.79 Å². The maximum atomic E-state index is 11.6. The summed E-state index contributed by atoms with van der Waals surface area (Å²) in [5, 5.41) is 8.73. The van der Waals surface area contributed by atoms with E-state index in [2.05, 4.69) is 25.4 Å². The van der Waals surface area contributed by atoms with Crippen molar-refractivity contribution in [2.45, 2.75) is 44.1 Å². The number of hydrogen-bond donors (Lipinski definition) is 3. The maximum absolute atomic E-state index is 11.6. The van der Waals surface area contributed by atoms with Gasteiger partial charge in [0.05, 0.1) is 29.2 Å². The van der Waals surface area contributed by atoms with Crippen molar-refractivity contribution in [2.24, 2.45) is 5.73 Å². The van der Waals surface area contributed by atoms with Crippen molar-refractivity contribution in [1.29, 1.82) is 0 Å². The first-order chi connectivity index (χ1) is 12.2. The van der Waals surface area contributed by atoms with E-state index < -0.39 is 0 Å². The summed E-state index contributed by atoms with van der Waals surface area (Å²) in [6, 6.07) is 1.93. The molecule has 4 N–H and O–H groups in total. The van der Waals surface area contributed by atoms with Crippen LogP contribution in [0.4, 0.5) is 11.5 Å². The molecule has 0 bridgehead atoms. The minimum absolute atomic E-state index is 0.281. The summed E-state index contributed by atoms with van der Waals surface area (Å²) in [7, 11) is 0. The van der Waals surface area contributed by atoms with Crippen molar-refractivity contribution in [3.05, 3.63) is 31.0 Å². The van der Waals surface area contributed by atoms with Gasteiger partial charge in [0, 0.05) is 12.4 Å². The van der Waals surface area contributed by atoms with E-state index in [1.807, 2.05) is 23.1 Å². The maximum Gasteiger partial charge on any atom is 0.219 e. The average molecular weight is 339 g/mol. The van der Waals surface area contributed by atoms with Gasteiger partial charge in [0.2, 0.25) is 5.91 Å². The molecule has 0 saturated heterocycles. The Hall–Kier alpha value is -2.90. The highest BCUT2D eigenvalue weighted by molar-refractivity contribution is 5.88. The number of carbonyl (C=O) groups is 1. The van der Waals surface area contributed by atoms with Crippen molar-refractivity contribution >= 4 is 28.4 Å². The number of aromatic nitrogens is 5. The smallest absolute Gasteiger partial charge is 0.219 e. The molecular formula is C17H21N7O. The van der Waals surface area contributed by atoms with Crippen LogP contribution in [0.2, 0.25) is 0 Å². The first-order valence-electron chi connectivity index (χ1n) is 8.55. The molecule has 0 aliphatic heterocycles. The quantitative estimate of drug-likeness (QED) is 0.660. The second-order valence-corrected chi connectivity index (χ2v) is 6.69. The van der Waals surface area contributed by atoms with E-state index in [-0.39, 0.29) is 11.4 Å². The van der Waals surface area contributed by atoms with Gasteiger partial charge in [0.1, 0.15) is 17.8 Å². The Balaban J connectivity index is 1.62. The van der Waals surface area contributed by atoms with Crippen LogP contribution in [-0.4, -0.2) is 30.6 Å². The molecule has 1 amide bonds. The first kappa shape index (κ1) is 15.6. The van der Waals surface area contributed by atoms with Crippen LogP contribution in [0, 0.1) is 0 Å². The Kier molecular flexibility index (Phi) is 3.87. The fourth-order valence-electron chi connectivity index (χ4n) is 3.78. The molecule has 0 aromatic carbocycles. The lowest BCUT2D eigenvalue weighted by Gasteiger charge is -2.36. The molecule has 3 aromatic rings. The average Bonchev–Trinajstić information content (AvgIpc) is 3.25.